The minimum absolute atomic E-state index is 0.0461. The van der Waals surface area contributed by atoms with Gasteiger partial charge in [0, 0.05) is 29.4 Å². The molecule has 0 aliphatic carbocycles. The van der Waals surface area contributed by atoms with Gasteiger partial charge >= 0.3 is 0 Å². The first-order valence-corrected chi connectivity index (χ1v) is 16.9. The molecule has 0 fully saturated rings. The summed E-state index contributed by atoms with van der Waals surface area (Å²) >= 11 is 0. The van der Waals surface area contributed by atoms with Gasteiger partial charge in [-0.15, -0.1) is 0 Å². The Morgan fingerprint density at radius 2 is 0.940 bits per heavy atom. The number of fused-ring (bicyclic) bond motifs is 2. The topological polar surface area (TPSA) is 45.2 Å². The predicted molar refractivity (Wildman–Crippen MR) is 205 cm³/mol. The number of hydrogen-bond donors (Lipinski definition) is 0. The molecule has 9 rings (SSSR count). The van der Waals surface area contributed by atoms with Crippen LogP contribution in [0.4, 0.5) is 17.1 Å². The van der Waals surface area contributed by atoms with Crippen molar-refractivity contribution in [2.75, 3.05) is 16.8 Å². The van der Waals surface area contributed by atoms with Gasteiger partial charge in [0.15, 0.2) is 17.5 Å². The molecule has 1 atom stereocenters. The summed E-state index contributed by atoms with van der Waals surface area (Å²) in [6, 6.07) is 61.5. The maximum atomic E-state index is 5.03. The van der Waals surface area contributed by atoms with Gasteiger partial charge in [0.1, 0.15) is 6.17 Å². The quantitative estimate of drug-likeness (QED) is 0.180. The zero-order valence-electron chi connectivity index (χ0n) is 27.6. The van der Waals surface area contributed by atoms with E-state index in [1.165, 1.54) is 22.6 Å². The molecule has 1 unspecified atom stereocenters. The largest absolute Gasteiger partial charge is 0.349 e. The highest BCUT2D eigenvalue weighted by Crippen LogP contribution is 2.49. The zero-order valence-corrected chi connectivity index (χ0v) is 27.6. The van der Waals surface area contributed by atoms with Gasteiger partial charge in [0.2, 0.25) is 0 Å². The van der Waals surface area contributed by atoms with Gasteiger partial charge in [-0.05, 0) is 51.7 Å². The summed E-state index contributed by atoms with van der Waals surface area (Å²) < 4.78 is 0. The second-order valence-corrected chi connectivity index (χ2v) is 12.6. The Labute approximate surface area is 291 Å². The van der Waals surface area contributed by atoms with Crippen LogP contribution in [0.3, 0.4) is 0 Å². The van der Waals surface area contributed by atoms with Crippen LogP contribution in [0, 0.1) is 0 Å². The van der Waals surface area contributed by atoms with Crippen molar-refractivity contribution in [2.24, 2.45) is 0 Å². The van der Waals surface area contributed by atoms with E-state index in [1.807, 2.05) is 30.3 Å². The number of anilines is 3. The summed E-state index contributed by atoms with van der Waals surface area (Å²) in [5.41, 5.74) is 10.0. The van der Waals surface area contributed by atoms with Crippen LogP contribution in [-0.4, -0.2) is 22.0 Å². The van der Waals surface area contributed by atoms with Crippen molar-refractivity contribution in [1.82, 2.24) is 15.0 Å². The number of nitrogens with zero attached hydrogens (tertiary/aromatic N) is 5. The molecule has 7 aromatic carbocycles. The van der Waals surface area contributed by atoms with Gasteiger partial charge in [-0.3, -0.25) is 0 Å². The Morgan fingerprint density at radius 3 is 1.66 bits per heavy atom. The number of hydrogen-bond acceptors (Lipinski definition) is 5. The van der Waals surface area contributed by atoms with E-state index in [-0.39, 0.29) is 6.17 Å². The highest BCUT2D eigenvalue weighted by Gasteiger charge is 2.35. The molecule has 5 nitrogen and oxygen atoms in total. The van der Waals surface area contributed by atoms with E-state index >= 15 is 0 Å². The number of aromatic nitrogens is 3. The fourth-order valence-corrected chi connectivity index (χ4v) is 7.07. The molecule has 50 heavy (non-hydrogen) atoms. The molecule has 1 aromatic heterocycles. The zero-order chi connectivity index (χ0) is 33.4. The molecule has 0 saturated heterocycles. The van der Waals surface area contributed by atoms with Crippen molar-refractivity contribution >= 4 is 27.8 Å². The summed E-state index contributed by atoms with van der Waals surface area (Å²) in [4.78, 5) is 19.7. The third kappa shape index (κ3) is 5.26. The highest BCUT2D eigenvalue weighted by atomic mass is 15.4. The lowest BCUT2D eigenvalue weighted by atomic mass is 10.0. The molecule has 0 saturated carbocycles. The number of para-hydroxylation sites is 3. The van der Waals surface area contributed by atoms with E-state index in [9.17, 15) is 0 Å². The molecule has 0 bridgehead atoms. The van der Waals surface area contributed by atoms with Crippen LogP contribution in [0.1, 0.15) is 11.7 Å². The van der Waals surface area contributed by atoms with Crippen molar-refractivity contribution < 1.29 is 0 Å². The van der Waals surface area contributed by atoms with Gasteiger partial charge in [-0.25, -0.2) is 15.0 Å². The maximum absolute atomic E-state index is 5.03. The summed E-state index contributed by atoms with van der Waals surface area (Å²) in [6.07, 6.45) is 0.0461. The van der Waals surface area contributed by atoms with Crippen LogP contribution in [0.25, 0.3) is 56.1 Å². The van der Waals surface area contributed by atoms with Crippen LogP contribution in [0.5, 0.6) is 0 Å². The molecular weight excluding hydrogens is 611 g/mol. The van der Waals surface area contributed by atoms with E-state index in [4.69, 9.17) is 15.0 Å². The molecule has 238 valence electrons. The summed E-state index contributed by atoms with van der Waals surface area (Å²) in [6.45, 7) is 0. The average Bonchev–Trinajstić information content (AvgIpc) is 3.50. The van der Waals surface area contributed by atoms with E-state index in [2.05, 4.69) is 162 Å². The van der Waals surface area contributed by atoms with Crippen LogP contribution >= 0.6 is 0 Å². The molecule has 0 amide bonds. The first kappa shape index (κ1) is 29.5. The first-order valence-electron chi connectivity index (χ1n) is 16.9. The van der Waals surface area contributed by atoms with Gasteiger partial charge in [0.05, 0.1) is 11.4 Å². The average molecular weight is 644 g/mol. The van der Waals surface area contributed by atoms with Crippen LogP contribution in [0.2, 0.25) is 0 Å². The molecule has 0 N–H and O–H groups in total. The van der Waals surface area contributed by atoms with Crippen LogP contribution in [0.15, 0.2) is 176 Å². The lowest BCUT2D eigenvalue weighted by Crippen LogP contribution is -2.30. The van der Waals surface area contributed by atoms with Crippen LogP contribution in [-0.2, 0) is 0 Å². The Hall–Kier alpha value is -6.59. The molecular formula is C45H33N5. The van der Waals surface area contributed by atoms with Crippen LogP contribution < -0.4 is 9.80 Å². The number of rotatable bonds is 6. The van der Waals surface area contributed by atoms with Gasteiger partial charge in [0.25, 0.3) is 0 Å². The molecule has 5 heteroatoms. The van der Waals surface area contributed by atoms with Gasteiger partial charge in [-0.1, -0.05) is 152 Å². The summed E-state index contributed by atoms with van der Waals surface area (Å²) in [5.74, 6) is 1.96. The molecule has 2 heterocycles. The second kappa shape index (κ2) is 12.5. The SMILES string of the molecule is CN1c2ccccc2N(c2ccccc2)C1c1ccc(-c2ccc(-c3nc(-c4ccccc4)nc(-c4cccc5ccccc45)n3)cc2)cc1. The molecule has 8 aromatic rings. The monoisotopic (exact) mass is 643 g/mol. The Balaban J connectivity index is 1.05. The lowest BCUT2D eigenvalue weighted by molar-refractivity contribution is 0.719. The molecule has 0 spiro atoms. The smallest absolute Gasteiger partial charge is 0.164 e. The van der Waals surface area contributed by atoms with E-state index < -0.39 is 0 Å². The fraction of sp³-hybridized carbons (Fsp3) is 0.0444. The van der Waals surface area contributed by atoms with Gasteiger partial charge in [-0.2, -0.15) is 0 Å². The standard InChI is InChI=1S/C45H33N5/c1-49-40-21-10-11-22-41(40)50(37-17-6-3-7-18-37)45(49)36-29-25-32(26-30-36)31-23-27-35(28-24-31)43-46-42(34-14-4-2-5-15-34)47-44(48-43)39-20-12-16-33-13-8-9-19-38(33)39/h2-30,45H,1H3. The van der Waals surface area contributed by atoms with Gasteiger partial charge < -0.3 is 9.80 Å². The van der Waals surface area contributed by atoms with E-state index in [1.54, 1.807) is 0 Å². The Kier molecular flexibility index (Phi) is 7.36. The highest BCUT2D eigenvalue weighted by molar-refractivity contribution is 5.95. The normalized spacial score (nSPS) is 13.8. The summed E-state index contributed by atoms with van der Waals surface area (Å²) in [7, 11) is 2.18. The lowest BCUT2D eigenvalue weighted by Gasteiger charge is -2.31. The first-order chi connectivity index (χ1) is 24.7. The second-order valence-electron chi connectivity index (χ2n) is 12.6. The molecule has 1 aliphatic heterocycles. The van der Waals surface area contributed by atoms with Crippen molar-refractivity contribution in [1.29, 1.82) is 0 Å². The number of benzene rings is 7. The Bertz CT molecular complexity index is 2440. The fourth-order valence-electron chi connectivity index (χ4n) is 7.07. The summed E-state index contributed by atoms with van der Waals surface area (Å²) in [5, 5.41) is 2.27. The van der Waals surface area contributed by atoms with E-state index in [0.717, 1.165) is 38.6 Å². The van der Waals surface area contributed by atoms with Crippen molar-refractivity contribution in [3.8, 4) is 45.3 Å². The van der Waals surface area contributed by atoms with Crippen molar-refractivity contribution in [2.45, 2.75) is 6.17 Å². The van der Waals surface area contributed by atoms with Crippen molar-refractivity contribution in [3.63, 3.8) is 0 Å². The minimum atomic E-state index is 0.0461. The molecule has 1 aliphatic rings. The third-order valence-electron chi connectivity index (χ3n) is 9.55. The third-order valence-corrected chi connectivity index (χ3v) is 9.55. The Morgan fingerprint density at radius 1 is 0.420 bits per heavy atom. The van der Waals surface area contributed by atoms with E-state index in [0.29, 0.717) is 17.5 Å². The minimum Gasteiger partial charge on any atom is -0.349 e. The molecule has 0 radical (unpaired) electrons. The van der Waals surface area contributed by atoms with Crippen molar-refractivity contribution in [3.05, 3.63) is 181 Å². The predicted octanol–water partition coefficient (Wildman–Crippen LogP) is 11.0. The maximum Gasteiger partial charge on any atom is 0.164 e.